The summed E-state index contributed by atoms with van der Waals surface area (Å²) in [4.78, 5) is 23.5. The van der Waals surface area contributed by atoms with Crippen LogP contribution < -0.4 is 11.0 Å². The fourth-order valence-corrected chi connectivity index (χ4v) is 12.8. The summed E-state index contributed by atoms with van der Waals surface area (Å²) < 4.78 is 10.1. The molecule has 6 aliphatic heterocycles. The highest BCUT2D eigenvalue weighted by molar-refractivity contribution is 6.20. The van der Waals surface area contributed by atoms with Gasteiger partial charge in [-0.2, -0.15) is 9.13 Å². The predicted molar refractivity (Wildman–Crippen MR) is 243 cm³/mol. The summed E-state index contributed by atoms with van der Waals surface area (Å²) in [7, 11) is 0. The van der Waals surface area contributed by atoms with Crippen LogP contribution in [0.1, 0.15) is 146 Å². The van der Waals surface area contributed by atoms with E-state index in [2.05, 4.69) is 94.5 Å². The van der Waals surface area contributed by atoms with Crippen LogP contribution in [0.15, 0.2) is 68.5 Å². The standard InChI is InChI=1S/C53H52N8/c1-5-29-21-37-39(23-31(29)7-3)47-55-49-41-25-33-17-13-9-11-15-19-35(33)27-43(41)51-57-52-44-28-36-20-16-12-10-14-18-34(36)26-42(44)50-56-48-40-24-32(8-4)30(6-2)22-38(40)46-54-45(37)58(47)53(59(46)48,60(49)51)61(50)52/h21-28H,5-20H2,1-4H3/q+2. The van der Waals surface area contributed by atoms with Crippen molar-refractivity contribution < 1.29 is 9.15 Å². The van der Waals surface area contributed by atoms with Crippen LogP contribution in [0, 0.1) is 0 Å². The lowest BCUT2D eigenvalue weighted by Crippen LogP contribution is -2.71. The summed E-state index contributed by atoms with van der Waals surface area (Å²) >= 11 is 0. The number of nitrogens with zero attached hydrogens (tertiary/aromatic N) is 8. The van der Waals surface area contributed by atoms with Gasteiger partial charge in [0.1, 0.15) is 0 Å². The van der Waals surface area contributed by atoms with Crippen molar-refractivity contribution in [3.05, 3.63) is 126 Å². The molecule has 1 atom stereocenters. The van der Waals surface area contributed by atoms with E-state index in [1.807, 2.05) is 0 Å². The van der Waals surface area contributed by atoms with E-state index in [-0.39, 0.29) is 0 Å². The number of hydrogen-bond acceptors (Lipinski definition) is 4. The van der Waals surface area contributed by atoms with Gasteiger partial charge in [0.15, 0.2) is 0 Å². The molecule has 1 spiro atoms. The molecular formula is C53H52N8+2. The van der Waals surface area contributed by atoms with Crippen LogP contribution in [0.2, 0.25) is 0 Å². The lowest BCUT2D eigenvalue weighted by Gasteiger charge is -2.40. The average Bonchev–Trinajstić information content (AvgIpc) is 3.96. The van der Waals surface area contributed by atoms with Crippen molar-refractivity contribution in [1.82, 2.24) is 9.13 Å². The number of fused-ring (bicyclic) bond motifs is 14. The molecular weight excluding hydrogens is 749 g/mol. The van der Waals surface area contributed by atoms with Crippen molar-refractivity contribution in [3.8, 4) is 0 Å². The molecule has 8 heteroatoms. The van der Waals surface area contributed by atoms with E-state index >= 15 is 0 Å². The maximum absolute atomic E-state index is 5.91. The molecule has 0 bridgehead atoms. The van der Waals surface area contributed by atoms with Crippen LogP contribution in [0.25, 0.3) is 21.5 Å². The van der Waals surface area contributed by atoms with Crippen molar-refractivity contribution in [3.63, 3.8) is 0 Å². The number of rotatable bonds is 4. The molecule has 0 saturated heterocycles. The SMILES string of the molecule is CCc1cc2c(cc1CC)C1=[N+]3C2=Nc2c4cc(CC)c(CC)cc4c4n2C32n3c(c5cc6c(cc5c3=NC3=[N+]2C(=N4)c2cc4c(cc23)CCCCCC4)CCCCCC6)=N1. The quantitative estimate of drug-likeness (QED) is 0.160. The van der Waals surface area contributed by atoms with Crippen LogP contribution in [0.5, 0.6) is 0 Å². The molecule has 8 heterocycles. The normalized spacial score (nSPS) is 21.0. The Kier molecular flexibility index (Phi) is 6.98. The number of benzene rings is 4. The Morgan fingerprint density at radius 3 is 1.30 bits per heavy atom. The first kappa shape index (κ1) is 34.9. The highest BCUT2D eigenvalue weighted by atomic mass is 15.7. The van der Waals surface area contributed by atoms with Crippen LogP contribution in [0.3, 0.4) is 0 Å². The fraction of sp³-hybridized carbons (Fsp3) is 0.396. The van der Waals surface area contributed by atoms with E-state index in [4.69, 9.17) is 20.0 Å². The second kappa shape index (κ2) is 12.2. The number of amidine groups is 4. The van der Waals surface area contributed by atoms with Crippen molar-refractivity contribution in [2.24, 2.45) is 20.0 Å². The molecule has 6 aromatic rings. The summed E-state index contributed by atoms with van der Waals surface area (Å²) in [5.74, 6) is 4.97. The molecule has 0 fully saturated rings. The first-order valence-electron chi connectivity index (χ1n) is 23.7. The number of aryl methyl sites for hydroxylation is 8. The number of aromatic nitrogens is 2. The molecule has 61 heavy (non-hydrogen) atoms. The van der Waals surface area contributed by atoms with Gasteiger partial charge in [0, 0.05) is 21.5 Å². The molecule has 2 aliphatic carbocycles. The van der Waals surface area contributed by atoms with E-state index in [1.54, 1.807) is 0 Å². The fourth-order valence-electron chi connectivity index (χ4n) is 12.8. The van der Waals surface area contributed by atoms with Gasteiger partial charge in [-0.1, -0.05) is 73.3 Å². The Labute approximate surface area is 356 Å². The Balaban J connectivity index is 1.21. The lowest BCUT2D eigenvalue weighted by atomic mass is 9.89. The lowest BCUT2D eigenvalue weighted by molar-refractivity contribution is -0.790. The third kappa shape index (κ3) is 4.18. The first-order chi connectivity index (χ1) is 30.0. The van der Waals surface area contributed by atoms with Gasteiger partial charge in [-0.05, 0) is 170 Å². The van der Waals surface area contributed by atoms with Gasteiger partial charge in [-0.3, -0.25) is 0 Å². The average molecular weight is 801 g/mol. The molecule has 0 amide bonds. The minimum absolute atomic E-state index is 0.964. The Morgan fingerprint density at radius 2 is 0.820 bits per heavy atom. The van der Waals surface area contributed by atoms with Crippen molar-refractivity contribution >= 4 is 56.5 Å². The van der Waals surface area contributed by atoms with Gasteiger partial charge in [0.2, 0.25) is 22.6 Å². The van der Waals surface area contributed by atoms with E-state index < -0.39 is 5.91 Å². The zero-order valence-electron chi connectivity index (χ0n) is 36.0. The van der Waals surface area contributed by atoms with Gasteiger partial charge in [0.05, 0.1) is 22.3 Å². The highest BCUT2D eigenvalue weighted by Crippen LogP contribution is 2.53. The maximum atomic E-state index is 5.91. The monoisotopic (exact) mass is 800 g/mol. The van der Waals surface area contributed by atoms with E-state index in [9.17, 15) is 0 Å². The van der Waals surface area contributed by atoms with E-state index in [1.165, 1.54) is 140 Å². The molecule has 0 radical (unpaired) electrons. The molecule has 14 rings (SSSR count). The Hall–Kier alpha value is -5.76. The predicted octanol–water partition coefficient (Wildman–Crippen LogP) is 9.28. The number of hydrogen-bond donors (Lipinski definition) is 0. The van der Waals surface area contributed by atoms with Crippen molar-refractivity contribution in [1.29, 1.82) is 0 Å². The maximum Gasteiger partial charge on any atom is 0.404 e. The van der Waals surface area contributed by atoms with Crippen LogP contribution >= 0.6 is 0 Å². The van der Waals surface area contributed by atoms with Gasteiger partial charge in [-0.25, -0.2) is 0 Å². The summed E-state index contributed by atoms with van der Waals surface area (Å²) in [5.41, 5.74) is 18.3. The third-order valence-corrected chi connectivity index (χ3v) is 15.8. The molecule has 8 aliphatic rings. The van der Waals surface area contributed by atoms with E-state index in [0.29, 0.717) is 0 Å². The minimum Gasteiger partial charge on any atom is -0.192 e. The summed E-state index contributed by atoms with van der Waals surface area (Å²) in [5, 5.41) is 4.79. The van der Waals surface area contributed by atoms with Crippen LogP contribution in [0.4, 0.5) is 11.6 Å². The largest absolute Gasteiger partial charge is 0.404 e. The number of aliphatic imine (C=N–C) groups is 2. The molecule has 4 aromatic carbocycles. The van der Waals surface area contributed by atoms with Gasteiger partial charge < -0.3 is 0 Å². The second-order valence-electron chi connectivity index (χ2n) is 18.9. The second-order valence-corrected chi connectivity index (χ2v) is 18.9. The zero-order chi connectivity index (χ0) is 40.5. The van der Waals surface area contributed by atoms with E-state index in [0.717, 1.165) is 97.3 Å². The highest BCUT2D eigenvalue weighted by Gasteiger charge is 2.69. The minimum atomic E-state index is -0.964. The Bertz CT molecular complexity index is 3360. The molecule has 2 aromatic heterocycles. The smallest absolute Gasteiger partial charge is 0.192 e. The first-order valence-corrected chi connectivity index (χ1v) is 23.7. The molecule has 1 unspecified atom stereocenters. The van der Waals surface area contributed by atoms with Crippen LogP contribution in [-0.2, 0) is 57.3 Å². The molecule has 8 nitrogen and oxygen atoms in total. The summed E-state index contributed by atoms with van der Waals surface area (Å²) in [6, 6.07) is 19.9. The zero-order valence-corrected chi connectivity index (χ0v) is 36.0. The molecule has 0 saturated carbocycles. The summed E-state index contributed by atoms with van der Waals surface area (Å²) in [6.45, 7) is 9.16. The van der Waals surface area contributed by atoms with Crippen LogP contribution in [-0.4, -0.2) is 41.6 Å². The third-order valence-electron chi connectivity index (χ3n) is 15.8. The van der Waals surface area contributed by atoms with Crippen molar-refractivity contribution in [2.75, 3.05) is 0 Å². The van der Waals surface area contributed by atoms with Gasteiger partial charge >= 0.3 is 5.91 Å². The molecule has 0 N–H and O–H groups in total. The van der Waals surface area contributed by atoms with Gasteiger partial charge in [-0.15, -0.1) is 9.15 Å². The molecule has 302 valence electrons. The Morgan fingerprint density at radius 1 is 0.426 bits per heavy atom. The summed E-state index contributed by atoms with van der Waals surface area (Å²) in [6.07, 6.45) is 18.5. The van der Waals surface area contributed by atoms with Crippen molar-refractivity contribution in [2.45, 2.75) is 136 Å². The topological polar surface area (TPSA) is 65.3 Å². The van der Waals surface area contributed by atoms with Gasteiger partial charge in [0.25, 0.3) is 23.3 Å².